The maximum atomic E-state index is 13.0. The van der Waals surface area contributed by atoms with Gasteiger partial charge in [-0.25, -0.2) is 0 Å². The molecule has 0 spiro atoms. The summed E-state index contributed by atoms with van der Waals surface area (Å²) in [6.07, 6.45) is 2.55. The number of piperidine rings is 1. The molecule has 0 bridgehead atoms. The van der Waals surface area contributed by atoms with Gasteiger partial charge in [0.1, 0.15) is 5.75 Å². The first-order chi connectivity index (χ1) is 14.5. The van der Waals surface area contributed by atoms with Crippen molar-refractivity contribution in [1.82, 2.24) is 0 Å². The summed E-state index contributed by atoms with van der Waals surface area (Å²) in [6.45, 7) is 4.68. The molecule has 158 valence electrons. The Morgan fingerprint density at radius 3 is 2.47 bits per heavy atom. The number of methoxy groups -OCH3 is 1. The molecule has 6 heteroatoms. The van der Waals surface area contributed by atoms with Crippen LogP contribution in [0.2, 0.25) is 0 Å². The minimum Gasteiger partial charge on any atom is -0.497 e. The molecule has 0 radical (unpaired) electrons. The van der Waals surface area contributed by atoms with Crippen LogP contribution in [0.1, 0.15) is 26.2 Å². The van der Waals surface area contributed by atoms with E-state index in [0.29, 0.717) is 6.54 Å². The molecule has 2 fully saturated rings. The predicted octanol–water partition coefficient (Wildman–Crippen LogP) is 3.92. The molecule has 2 aliphatic heterocycles. The normalized spacial score (nSPS) is 19.8. The van der Waals surface area contributed by atoms with E-state index in [0.717, 1.165) is 54.7 Å². The summed E-state index contributed by atoms with van der Waals surface area (Å²) in [5, 5.41) is 3.09. The number of nitrogens with zero attached hydrogens (tertiary/aromatic N) is 2. The van der Waals surface area contributed by atoms with Crippen molar-refractivity contribution in [3.63, 3.8) is 0 Å². The zero-order valence-electron chi connectivity index (χ0n) is 17.6. The van der Waals surface area contributed by atoms with Crippen LogP contribution in [0.3, 0.4) is 0 Å². The van der Waals surface area contributed by atoms with E-state index in [-0.39, 0.29) is 24.2 Å². The molecule has 30 heavy (non-hydrogen) atoms. The second kappa shape index (κ2) is 8.78. The maximum Gasteiger partial charge on any atom is 0.229 e. The Kier molecular flexibility index (Phi) is 5.93. The molecule has 0 saturated carbocycles. The highest BCUT2D eigenvalue weighted by molar-refractivity contribution is 6.04. The topological polar surface area (TPSA) is 61.9 Å². The number of rotatable bonds is 5. The Balaban J connectivity index is 1.44. The van der Waals surface area contributed by atoms with Crippen LogP contribution >= 0.6 is 0 Å². The van der Waals surface area contributed by atoms with Crippen LogP contribution in [-0.4, -0.2) is 38.6 Å². The van der Waals surface area contributed by atoms with Crippen LogP contribution in [-0.2, 0) is 9.59 Å². The van der Waals surface area contributed by atoms with Crippen LogP contribution in [0, 0.1) is 11.8 Å². The van der Waals surface area contributed by atoms with E-state index in [1.165, 1.54) is 0 Å². The van der Waals surface area contributed by atoms with Gasteiger partial charge in [0.25, 0.3) is 0 Å². The van der Waals surface area contributed by atoms with Gasteiger partial charge in [-0.3, -0.25) is 9.59 Å². The average Bonchev–Trinajstić information content (AvgIpc) is 3.17. The summed E-state index contributed by atoms with van der Waals surface area (Å²) >= 11 is 0. The van der Waals surface area contributed by atoms with Crippen molar-refractivity contribution in [3.8, 4) is 5.75 Å². The second-order valence-corrected chi connectivity index (χ2v) is 8.28. The van der Waals surface area contributed by atoms with E-state index in [9.17, 15) is 9.59 Å². The molecule has 2 aromatic rings. The number of carbonyl (C=O) groups is 2. The van der Waals surface area contributed by atoms with Crippen LogP contribution in [0.15, 0.2) is 48.5 Å². The van der Waals surface area contributed by atoms with E-state index in [1.807, 2.05) is 42.5 Å². The number of anilines is 3. The number of ether oxygens (including phenoxy) is 1. The van der Waals surface area contributed by atoms with Gasteiger partial charge in [-0.1, -0.05) is 19.1 Å². The molecule has 4 rings (SSSR count). The fourth-order valence-corrected chi connectivity index (χ4v) is 4.23. The third-order valence-corrected chi connectivity index (χ3v) is 6.17. The van der Waals surface area contributed by atoms with Crippen molar-refractivity contribution < 1.29 is 14.3 Å². The quantitative estimate of drug-likeness (QED) is 0.816. The molecule has 0 aromatic heterocycles. The van der Waals surface area contributed by atoms with Gasteiger partial charge in [0.2, 0.25) is 11.8 Å². The van der Waals surface area contributed by atoms with Gasteiger partial charge in [0.05, 0.1) is 24.4 Å². The van der Waals surface area contributed by atoms with Crippen molar-refractivity contribution in [1.29, 1.82) is 0 Å². The monoisotopic (exact) mass is 407 g/mol. The third-order valence-electron chi connectivity index (χ3n) is 6.17. The first-order valence-electron chi connectivity index (χ1n) is 10.6. The Labute approximate surface area is 177 Å². The second-order valence-electron chi connectivity index (χ2n) is 8.28. The summed E-state index contributed by atoms with van der Waals surface area (Å²) in [6, 6.07) is 15.3. The zero-order chi connectivity index (χ0) is 21.1. The van der Waals surface area contributed by atoms with E-state index in [4.69, 9.17) is 4.74 Å². The highest BCUT2D eigenvalue weighted by Gasteiger charge is 2.35. The van der Waals surface area contributed by atoms with Gasteiger partial charge < -0.3 is 19.9 Å². The van der Waals surface area contributed by atoms with Crippen molar-refractivity contribution in [2.75, 3.05) is 41.9 Å². The van der Waals surface area contributed by atoms with Crippen LogP contribution in [0.4, 0.5) is 17.1 Å². The molecular formula is C24H29N3O3. The highest BCUT2D eigenvalue weighted by atomic mass is 16.5. The first kappa shape index (κ1) is 20.3. The average molecular weight is 408 g/mol. The maximum absolute atomic E-state index is 13.0. The lowest BCUT2D eigenvalue weighted by molar-refractivity contribution is -0.122. The molecule has 2 saturated heterocycles. The molecule has 2 heterocycles. The smallest absolute Gasteiger partial charge is 0.229 e. The summed E-state index contributed by atoms with van der Waals surface area (Å²) in [5.74, 6) is 0.990. The molecule has 1 atom stereocenters. The van der Waals surface area contributed by atoms with Crippen LogP contribution < -0.4 is 19.9 Å². The molecule has 0 unspecified atom stereocenters. The van der Waals surface area contributed by atoms with E-state index in [2.05, 4.69) is 23.2 Å². The number of nitrogens with one attached hydrogen (secondary N) is 1. The molecule has 0 aliphatic carbocycles. The zero-order valence-corrected chi connectivity index (χ0v) is 17.6. The van der Waals surface area contributed by atoms with Gasteiger partial charge in [0.15, 0.2) is 0 Å². The number of benzene rings is 2. The summed E-state index contributed by atoms with van der Waals surface area (Å²) in [7, 11) is 1.61. The number of amides is 2. The summed E-state index contributed by atoms with van der Waals surface area (Å²) < 4.78 is 5.18. The predicted molar refractivity (Wildman–Crippen MR) is 119 cm³/mol. The summed E-state index contributed by atoms with van der Waals surface area (Å²) in [5.41, 5.74) is 2.68. The Hall–Kier alpha value is -3.02. The SMILES string of the molecule is COc1ccc(N2C[C@@H](C(=O)Nc3ccccc3N3CCC(C)CC3)CC2=O)cc1. The lowest BCUT2D eigenvalue weighted by Crippen LogP contribution is -2.34. The van der Waals surface area contributed by atoms with Gasteiger partial charge in [0, 0.05) is 31.7 Å². The summed E-state index contributed by atoms with van der Waals surface area (Å²) in [4.78, 5) is 29.6. The minimum absolute atomic E-state index is 0.0291. The number of hydrogen-bond acceptors (Lipinski definition) is 4. The van der Waals surface area contributed by atoms with Gasteiger partial charge >= 0.3 is 0 Å². The molecule has 2 amide bonds. The number of hydrogen-bond donors (Lipinski definition) is 1. The van der Waals surface area contributed by atoms with E-state index < -0.39 is 0 Å². The highest BCUT2D eigenvalue weighted by Crippen LogP contribution is 2.32. The molecule has 2 aliphatic rings. The van der Waals surface area contributed by atoms with E-state index >= 15 is 0 Å². The van der Waals surface area contributed by atoms with Crippen molar-refractivity contribution in [2.24, 2.45) is 11.8 Å². The van der Waals surface area contributed by atoms with Crippen molar-refractivity contribution in [2.45, 2.75) is 26.2 Å². The fourth-order valence-electron chi connectivity index (χ4n) is 4.23. The molecule has 6 nitrogen and oxygen atoms in total. The van der Waals surface area contributed by atoms with Gasteiger partial charge in [-0.05, 0) is 55.2 Å². The van der Waals surface area contributed by atoms with Crippen molar-refractivity contribution in [3.05, 3.63) is 48.5 Å². The van der Waals surface area contributed by atoms with Crippen LogP contribution in [0.5, 0.6) is 5.75 Å². The Morgan fingerprint density at radius 1 is 1.07 bits per heavy atom. The molecular weight excluding hydrogens is 378 g/mol. The Morgan fingerprint density at radius 2 is 1.77 bits per heavy atom. The number of para-hydroxylation sites is 2. The lowest BCUT2D eigenvalue weighted by atomic mass is 9.98. The third kappa shape index (κ3) is 4.27. The van der Waals surface area contributed by atoms with Gasteiger partial charge in [-0.2, -0.15) is 0 Å². The van der Waals surface area contributed by atoms with E-state index in [1.54, 1.807) is 12.0 Å². The molecule has 2 aromatic carbocycles. The van der Waals surface area contributed by atoms with Gasteiger partial charge in [-0.15, -0.1) is 0 Å². The largest absolute Gasteiger partial charge is 0.497 e. The molecule has 1 N–H and O–H groups in total. The fraction of sp³-hybridized carbons (Fsp3) is 0.417. The van der Waals surface area contributed by atoms with Crippen LogP contribution in [0.25, 0.3) is 0 Å². The Bertz CT molecular complexity index is 904. The number of carbonyl (C=O) groups excluding carboxylic acids is 2. The standard InChI is InChI=1S/C24H29N3O3/c1-17-11-13-26(14-12-17)22-6-4-3-5-21(22)25-24(29)18-15-23(28)27(16-18)19-7-9-20(30-2)10-8-19/h3-10,17-18H,11-16H2,1-2H3,(H,25,29)/t18-/m0/s1. The minimum atomic E-state index is -0.367. The first-order valence-corrected chi connectivity index (χ1v) is 10.6. The lowest BCUT2D eigenvalue weighted by Gasteiger charge is -2.33. The van der Waals surface area contributed by atoms with Crippen molar-refractivity contribution >= 4 is 28.9 Å².